The van der Waals surface area contributed by atoms with Gasteiger partial charge in [-0.1, -0.05) is 62.9 Å². The van der Waals surface area contributed by atoms with Crippen LogP contribution in [0.5, 0.6) is 11.6 Å². The fourth-order valence-corrected chi connectivity index (χ4v) is 3.59. The van der Waals surface area contributed by atoms with Crippen molar-refractivity contribution in [1.29, 1.82) is 0 Å². The predicted molar refractivity (Wildman–Crippen MR) is 106 cm³/mol. The van der Waals surface area contributed by atoms with E-state index in [-0.39, 0.29) is 11.8 Å². The van der Waals surface area contributed by atoms with Crippen LogP contribution in [0.1, 0.15) is 49.4 Å². The third-order valence-corrected chi connectivity index (χ3v) is 4.99. The Morgan fingerprint density at radius 1 is 1.00 bits per heavy atom. The van der Waals surface area contributed by atoms with E-state index in [0.717, 1.165) is 29.3 Å². The number of carbonyl (C=O) groups excluding carboxylic acids is 1. The molecule has 0 atom stereocenters. The summed E-state index contributed by atoms with van der Waals surface area (Å²) >= 11 is 0. The summed E-state index contributed by atoms with van der Waals surface area (Å²) in [6.07, 6.45) is 7.24. The van der Waals surface area contributed by atoms with Crippen molar-refractivity contribution in [3.05, 3.63) is 54.2 Å². The summed E-state index contributed by atoms with van der Waals surface area (Å²) in [7, 11) is 0. The lowest BCUT2D eigenvalue weighted by Crippen LogP contribution is -2.31. The van der Waals surface area contributed by atoms with Crippen molar-refractivity contribution < 1.29 is 9.53 Å². The first-order valence-electron chi connectivity index (χ1n) is 9.62. The number of aromatic nitrogens is 2. The van der Waals surface area contributed by atoms with Crippen LogP contribution in [0.25, 0.3) is 10.8 Å². The minimum atomic E-state index is -0.0782. The van der Waals surface area contributed by atoms with Gasteiger partial charge in [0.25, 0.3) is 11.8 Å². The molecular formula is C22H23N3O2. The maximum Gasteiger partial charge on any atom is 0.264 e. The first-order valence-corrected chi connectivity index (χ1v) is 9.62. The molecule has 0 N–H and O–H groups in total. The zero-order valence-corrected chi connectivity index (χ0v) is 15.5. The number of nitrogens with zero attached hydrogens (tertiary/aromatic N) is 3. The summed E-state index contributed by atoms with van der Waals surface area (Å²) in [6, 6.07) is 13.7. The van der Waals surface area contributed by atoms with Gasteiger partial charge in [0, 0.05) is 11.9 Å². The number of amides is 1. The summed E-state index contributed by atoms with van der Waals surface area (Å²) in [5.74, 6) is 0.841. The van der Waals surface area contributed by atoms with E-state index in [1.165, 1.54) is 25.5 Å². The Bertz CT molecular complexity index is 971. The highest BCUT2D eigenvalue weighted by Crippen LogP contribution is 2.42. The van der Waals surface area contributed by atoms with Crippen LogP contribution in [0.3, 0.4) is 0 Å². The van der Waals surface area contributed by atoms with Crippen molar-refractivity contribution in [2.75, 3.05) is 11.4 Å². The maximum absolute atomic E-state index is 13.3. The molecule has 0 aliphatic carbocycles. The Hall–Kier alpha value is -2.95. The molecule has 0 fully saturated rings. The van der Waals surface area contributed by atoms with Crippen molar-refractivity contribution in [3.8, 4) is 11.6 Å². The van der Waals surface area contributed by atoms with E-state index >= 15 is 0 Å². The van der Waals surface area contributed by atoms with Crippen LogP contribution >= 0.6 is 0 Å². The Morgan fingerprint density at radius 3 is 2.74 bits per heavy atom. The van der Waals surface area contributed by atoms with Crippen molar-refractivity contribution in [2.24, 2.45) is 0 Å². The Balaban J connectivity index is 1.77. The van der Waals surface area contributed by atoms with Gasteiger partial charge in [0.05, 0.1) is 11.9 Å². The lowest BCUT2D eigenvalue weighted by Gasteiger charge is -2.23. The quantitative estimate of drug-likeness (QED) is 0.555. The fourth-order valence-electron chi connectivity index (χ4n) is 3.59. The van der Waals surface area contributed by atoms with E-state index in [4.69, 9.17) is 4.74 Å². The molecule has 0 saturated carbocycles. The van der Waals surface area contributed by atoms with Gasteiger partial charge in [-0.25, -0.2) is 0 Å². The van der Waals surface area contributed by atoms with Crippen LogP contribution in [-0.2, 0) is 0 Å². The smallest absolute Gasteiger partial charge is 0.264 e. The molecule has 5 nitrogen and oxygen atoms in total. The highest BCUT2D eigenvalue weighted by molar-refractivity contribution is 6.14. The first kappa shape index (κ1) is 17.5. The topological polar surface area (TPSA) is 55.3 Å². The second-order valence-electron chi connectivity index (χ2n) is 6.86. The third-order valence-electron chi connectivity index (χ3n) is 4.99. The van der Waals surface area contributed by atoms with E-state index < -0.39 is 0 Å². The molecule has 1 aromatic heterocycles. The van der Waals surface area contributed by atoms with Gasteiger partial charge in [-0.2, -0.15) is 5.10 Å². The third kappa shape index (κ3) is 3.37. The van der Waals surface area contributed by atoms with E-state index in [9.17, 15) is 4.79 Å². The van der Waals surface area contributed by atoms with E-state index in [0.29, 0.717) is 17.9 Å². The fraction of sp³-hybridized carbons (Fsp3) is 0.318. The average molecular weight is 361 g/mol. The number of carbonyl (C=O) groups is 1. The minimum absolute atomic E-state index is 0.0782. The van der Waals surface area contributed by atoms with Crippen molar-refractivity contribution in [2.45, 2.75) is 39.0 Å². The highest BCUT2D eigenvalue weighted by atomic mass is 16.5. The van der Waals surface area contributed by atoms with Gasteiger partial charge in [-0.3, -0.25) is 4.79 Å². The van der Waals surface area contributed by atoms with Gasteiger partial charge in [0.15, 0.2) is 5.75 Å². The molecule has 1 aliphatic rings. The first-order chi connectivity index (χ1) is 13.3. The summed E-state index contributed by atoms with van der Waals surface area (Å²) in [5.41, 5.74) is 1.28. The molecule has 27 heavy (non-hydrogen) atoms. The molecule has 0 unspecified atom stereocenters. The van der Waals surface area contributed by atoms with Crippen LogP contribution in [0.2, 0.25) is 0 Å². The lowest BCUT2D eigenvalue weighted by atomic mass is 10.1. The van der Waals surface area contributed by atoms with Crippen LogP contribution in [0, 0.1) is 0 Å². The monoisotopic (exact) mass is 361 g/mol. The summed E-state index contributed by atoms with van der Waals surface area (Å²) in [4.78, 5) is 15.2. The number of hydrogen-bond acceptors (Lipinski definition) is 4. The molecule has 0 spiro atoms. The molecule has 2 aromatic carbocycles. The number of hydrogen-bond donors (Lipinski definition) is 0. The molecular weight excluding hydrogens is 338 g/mol. The van der Waals surface area contributed by atoms with E-state index in [1.54, 1.807) is 6.07 Å². The van der Waals surface area contributed by atoms with Crippen molar-refractivity contribution >= 4 is 22.4 Å². The number of anilines is 1. The number of benzene rings is 2. The molecule has 138 valence electrons. The Labute approximate surface area is 159 Å². The van der Waals surface area contributed by atoms with E-state index in [1.807, 2.05) is 35.2 Å². The van der Waals surface area contributed by atoms with Crippen molar-refractivity contribution in [3.63, 3.8) is 0 Å². The standard InChI is InChI=1S/C22H23N3O2/c1-2-3-4-5-8-15-25-20-17-10-7-6-9-16(17)11-12-19(20)27-21-18(22(25)26)13-14-23-24-21/h6-7,9-14H,2-5,8,15H2,1H3. The van der Waals surface area contributed by atoms with Gasteiger partial charge in [0.1, 0.15) is 5.56 Å². The maximum atomic E-state index is 13.3. The molecule has 0 saturated heterocycles. The SMILES string of the molecule is CCCCCCCN1C(=O)c2ccnnc2Oc2ccc3ccccc3c21. The van der Waals surface area contributed by atoms with Gasteiger partial charge in [0.2, 0.25) is 0 Å². The lowest BCUT2D eigenvalue weighted by molar-refractivity contribution is 0.0986. The number of fused-ring (bicyclic) bond motifs is 4. The van der Waals surface area contributed by atoms with Gasteiger partial charge < -0.3 is 9.64 Å². The molecule has 3 aromatic rings. The second kappa shape index (κ2) is 7.74. The van der Waals surface area contributed by atoms with Gasteiger partial charge in [-0.15, -0.1) is 5.10 Å². The number of rotatable bonds is 6. The van der Waals surface area contributed by atoms with Crippen LogP contribution in [-0.4, -0.2) is 22.6 Å². The highest BCUT2D eigenvalue weighted by Gasteiger charge is 2.30. The molecule has 5 heteroatoms. The molecule has 4 rings (SSSR count). The predicted octanol–water partition coefficient (Wildman–Crippen LogP) is 5.35. The van der Waals surface area contributed by atoms with Crippen LogP contribution < -0.4 is 9.64 Å². The minimum Gasteiger partial charge on any atom is -0.435 e. The molecule has 2 heterocycles. The zero-order chi connectivity index (χ0) is 18.6. The molecule has 1 amide bonds. The molecule has 1 aliphatic heterocycles. The van der Waals surface area contributed by atoms with Gasteiger partial charge >= 0.3 is 0 Å². The van der Waals surface area contributed by atoms with Gasteiger partial charge in [-0.05, 0) is 23.9 Å². The summed E-state index contributed by atoms with van der Waals surface area (Å²) in [6.45, 7) is 2.87. The zero-order valence-electron chi connectivity index (χ0n) is 15.5. The number of ether oxygens (including phenoxy) is 1. The summed E-state index contributed by atoms with van der Waals surface area (Å²) in [5, 5.41) is 10.0. The largest absolute Gasteiger partial charge is 0.435 e. The number of unbranched alkanes of at least 4 members (excludes halogenated alkanes) is 4. The normalized spacial score (nSPS) is 13.1. The van der Waals surface area contributed by atoms with Crippen LogP contribution in [0.15, 0.2) is 48.7 Å². The average Bonchev–Trinajstić information content (AvgIpc) is 2.82. The molecule has 0 bridgehead atoms. The van der Waals surface area contributed by atoms with Crippen molar-refractivity contribution in [1.82, 2.24) is 10.2 Å². The van der Waals surface area contributed by atoms with Crippen LogP contribution in [0.4, 0.5) is 5.69 Å². The summed E-state index contributed by atoms with van der Waals surface area (Å²) < 4.78 is 6.02. The second-order valence-corrected chi connectivity index (χ2v) is 6.86. The Kier molecular flexibility index (Phi) is 5.01. The Morgan fingerprint density at radius 2 is 1.85 bits per heavy atom. The van der Waals surface area contributed by atoms with E-state index in [2.05, 4.69) is 23.2 Å². The molecule has 0 radical (unpaired) electrons.